The maximum absolute atomic E-state index is 14.0. The van der Waals surface area contributed by atoms with Gasteiger partial charge in [0.1, 0.15) is 22.2 Å². The SMILES string of the molecule is COc1cc(C(=O)O)c([S+]2c3ccccc3Cc3ccccc32)c(C)c1OC(=O)C12CC3CC(C1)C(=O)C(C3)C2. The first-order chi connectivity index (χ1) is 19.3. The van der Waals surface area contributed by atoms with Gasteiger partial charge in [-0.1, -0.05) is 36.4 Å². The molecule has 2 unspecified atom stereocenters. The Labute approximate surface area is 236 Å². The Bertz CT molecular complexity index is 1530. The van der Waals surface area contributed by atoms with Crippen molar-refractivity contribution < 1.29 is 29.0 Å². The normalized spacial score (nSPS) is 26.2. The number of carbonyl (C=O) groups is 3. The number of aromatic carboxylic acids is 1. The first-order valence-corrected chi connectivity index (χ1v) is 15.1. The summed E-state index contributed by atoms with van der Waals surface area (Å²) in [5.41, 5.74) is 2.39. The summed E-state index contributed by atoms with van der Waals surface area (Å²) in [5, 5.41) is 10.4. The van der Waals surface area contributed by atoms with Crippen LogP contribution in [0.5, 0.6) is 11.5 Å². The number of hydrogen-bond acceptors (Lipinski definition) is 5. The minimum atomic E-state index is -1.05. The van der Waals surface area contributed by atoms with Crippen molar-refractivity contribution in [2.24, 2.45) is 23.2 Å². The van der Waals surface area contributed by atoms with Gasteiger partial charge >= 0.3 is 11.9 Å². The van der Waals surface area contributed by atoms with Crippen LogP contribution < -0.4 is 9.47 Å². The van der Waals surface area contributed by atoms with E-state index in [9.17, 15) is 19.5 Å². The quantitative estimate of drug-likeness (QED) is 0.185. The molecule has 0 amide bonds. The molecule has 4 bridgehead atoms. The third-order valence-corrected chi connectivity index (χ3v) is 12.1. The van der Waals surface area contributed by atoms with E-state index in [0.29, 0.717) is 35.0 Å². The molecule has 6 nitrogen and oxygen atoms in total. The van der Waals surface area contributed by atoms with Crippen LogP contribution in [0.4, 0.5) is 0 Å². The second-order valence-electron chi connectivity index (χ2n) is 11.8. The second kappa shape index (κ2) is 9.23. The van der Waals surface area contributed by atoms with Crippen molar-refractivity contribution >= 4 is 28.6 Å². The molecule has 4 saturated carbocycles. The molecule has 0 spiro atoms. The molecule has 0 saturated heterocycles. The minimum Gasteiger partial charge on any atom is -0.493 e. The van der Waals surface area contributed by atoms with E-state index in [1.54, 1.807) is 0 Å². The number of hydrogen-bond donors (Lipinski definition) is 1. The van der Waals surface area contributed by atoms with Crippen molar-refractivity contribution in [2.75, 3.05) is 7.11 Å². The lowest BCUT2D eigenvalue weighted by Crippen LogP contribution is -2.55. The van der Waals surface area contributed by atoms with Crippen LogP contribution in [0.25, 0.3) is 0 Å². The van der Waals surface area contributed by atoms with Crippen LogP contribution in [0.2, 0.25) is 0 Å². The van der Waals surface area contributed by atoms with Crippen molar-refractivity contribution in [2.45, 2.75) is 60.1 Å². The molecule has 4 fully saturated rings. The summed E-state index contributed by atoms with van der Waals surface area (Å²) in [4.78, 5) is 42.2. The van der Waals surface area contributed by atoms with Gasteiger partial charge in [-0.25, -0.2) is 4.79 Å². The molecule has 0 radical (unpaired) electrons. The Morgan fingerprint density at radius 3 is 2.12 bits per heavy atom. The van der Waals surface area contributed by atoms with Gasteiger partial charge in [0.05, 0.1) is 18.1 Å². The van der Waals surface area contributed by atoms with Crippen molar-refractivity contribution in [1.29, 1.82) is 0 Å². The molecule has 5 aliphatic rings. The Balaban J connectivity index is 1.37. The molecule has 2 atom stereocenters. The van der Waals surface area contributed by atoms with E-state index in [4.69, 9.17) is 9.47 Å². The number of esters is 1. The van der Waals surface area contributed by atoms with Gasteiger partial charge in [-0.2, -0.15) is 0 Å². The first-order valence-electron chi connectivity index (χ1n) is 13.9. The smallest absolute Gasteiger partial charge is 0.341 e. The summed E-state index contributed by atoms with van der Waals surface area (Å²) >= 11 is 0. The van der Waals surface area contributed by atoms with Crippen molar-refractivity contribution in [3.05, 3.63) is 76.9 Å². The van der Waals surface area contributed by atoms with Gasteiger partial charge in [0.25, 0.3) is 0 Å². The van der Waals surface area contributed by atoms with Gasteiger partial charge < -0.3 is 14.6 Å². The Hall–Kier alpha value is -3.58. The monoisotopic (exact) mass is 555 g/mol. The molecule has 0 aromatic heterocycles. The maximum atomic E-state index is 14.0. The number of carbonyl (C=O) groups excluding carboxylic acids is 2. The van der Waals surface area contributed by atoms with Crippen LogP contribution in [0.3, 0.4) is 0 Å². The highest BCUT2D eigenvalue weighted by Gasteiger charge is 2.59. The zero-order chi connectivity index (χ0) is 27.8. The number of fused-ring (bicyclic) bond motifs is 2. The van der Waals surface area contributed by atoms with E-state index in [2.05, 4.69) is 24.3 Å². The molecule has 40 heavy (non-hydrogen) atoms. The lowest BCUT2D eigenvalue weighted by molar-refractivity contribution is -0.167. The number of methoxy groups -OCH3 is 1. The van der Waals surface area contributed by atoms with Gasteiger partial charge in [-0.15, -0.1) is 0 Å². The predicted octanol–water partition coefficient (Wildman–Crippen LogP) is 6.00. The zero-order valence-electron chi connectivity index (χ0n) is 22.6. The van der Waals surface area contributed by atoms with Crippen LogP contribution >= 0.6 is 0 Å². The minimum absolute atomic E-state index is 0.0523. The van der Waals surface area contributed by atoms with Crippen molar-refractivity contribution in [3.63, 3.8) is 0 Å². The van der Waals surface area contributed by atoms with Gasteiger partial charge in [0.15, 0.2) is 26.2 Å². The number of ketones is 1. The second-order valence-corrected chi connectivity index (χ2v) is 13.7. The van der Waals surface area contributed by atoms with Crippen LogP contribution in [-0.2, 0) is 26.9 Å². The molecule has 1 N–H and O–H groups in total. The van der Waals surface area contributed by atoms with Crippen LogP contribution in [0.15, 0.2) is 69.3 Å². The Morgan fingerprint density at radius 2 is 1.55 bits per heavy atom. The van der Waals surface area contributed by atoms with E-state index in [-0.39, 0.29) is 34.9 Å². The van der Waals surface area contributed by atoms with Gasteiger partial charge in [0.2, 0.25) is 0 Å². The largest absolute Gasteiger partial charge is 0.493 e. The highest BCUT2D eigenvalue weighted by atomic mass is 32.2. The van der Waals surface area contributed by atoms with E-state index in [1.165, 1.54) is 13.2 Å². The molecule has 4 aliphatic carbocycles. The highest BCUT2D eigenvalue weighted by molar-refractivity contribution is 7.97. The van der Waals surface area contributed by atoms with E-state index in [1.807, 2.05) is 31.2 Å². The van der Waals surface area contributed by atoms with Gasteiger partial charge in [0, 0.05) is 35.4 Å². The fourth-order valence-corrected chi connectivity index (χ4v) is 10.6. The summed E-state index contributed by atoms with van der Waals surface area (Å²) in [5.74, 6) is -0.265. The fourth-order valence-electron chi connectivity index (χ4n) is 7.89. The number of carboxylic acid groups (broad SMARTS) is 1. The Kier molecular flexibility index (Phi) is 5.86. The third kappa shape index (κ3) is 3.74. The fraction of sp³-hybridized carbons (Fsp3) is 0.364. The number of benzene rings is 3. The average molecular weight is 556 g/mol. The number of rotatable bonds is 5. The molecule has 3 aromatic carbocycles. The predicted molar refractivity (Wildman–Crippen MR) is 149 cm³/mol. The summed E-state index contributed by atoms with van der Waals surface area (Å²) in [6, 6.07) is 17.8. The van der Waals surface area contributed by atoms with E-state index >= 15 is 0 Å². The third-order valence-electron chi connectivity index (χ3n) is 9.47. The van der Waals surface area contributed by atoms with Crippen LogP contribution in [0, 0.1) is 30.1 Å². The van der Waals surface area contributed by atoms with Crippen LogP contribution in [0.1, 0.15) is 59.2 Å². The summed E-state index contributed by atoms with van der Waals surface area (Å²) < 4.78 is 11.9. The number of carboxylic acids is 1. The maximum Gasteiger partial charge on any atom is 0.341 e. The summed E-state index contributed by atoms with van der Waals surface area (Å²) in [7, 11) is 0.742. The summed E-state index contributed by atoms with van der Waals surface area (Å²) in [6.07, 6.45) is 4.38. The van der Waals surface area contributed by atoms with Crippen LogP contribution in [-0.4, -0.2) is 29.9 Å². The van der Waals surface area contributed by atoms with Crippen molar-refractivity contribution in [3.8, 4) is 11.5 Å². The van der Waals surface area contributed by atoms with Gasteiger partial charge in [-0.05, 0) is 57.1 Å². The molecule has 1 heterocycles. The zero-order valence-corrected chi connectivity index (χ0v) is 23.4. The molecule has 1 aliphatic heterocycles. The first kappa shape index (κ1) is 25.4. The average Bonchev–Trinajstić information content (AvgIpc) is 2.95. The molecule has 8 rings (SSSR count). The molecule has 3 aromatic rings. The highest BCUT2D eigenvalue weighted by Crippen LogP contribution is 2.59. The van der Waals surface area contributed by atoms with E-state index < -0.39 is 22.3 Å². The lowest BCUT2D eigenvalue weighted by atomic mass is 9.49. The standard InChI is InChI=1S/C33H30O6S/c1-18-29(39-32(37)33-15-19-11-22(16-33)28(34)23(12-19)17-33)25(38-2)14-24(31(35)36)30(18)40-26-9-5-3-7-20(26)13-21-8-4-6-10-27(21)40/h3-10,14,19,22-23H,11-13,15-17H2,1-2H3/p+1. The van der Waals surface area contributed by atoms with E-state index in [0.717, 1.165) is 46.6 Å². The lowest BCUT2D eigenvalue weighted by Gasteiger charge is -2.53. The number of Topliss-reactive ketones (excluding diaryl/α,β-unsaturated/α-hetero) is 1. The molecule has 7 heteroatoms. The Morgan fingerprint density at radius 1 is 0.950 bits per heavy atom. The summed E-state index contributed by atoms with van der Waals surface area (Å²) in [6.45, 7) is 1.84. The molecule has 204 valence electrons. The molecular formula is C33H31O6S+. The van der Waals surface area contributed by atoms with Crippen molar-refractivity contribution in [1.82, 2.24) is 0 Å². The molecular weight excluding hydrogens is 524 g/mol. The topological polar surface area (TPSA) is 89.9 Å². The number of ether oxygens (including phenoxy) is 2. The van der Waals surface area contributed by atoms with Gasteiger partial charge in [-0.3, -0.25) is 9.59 Å².